The molecule has 2 N–H and O–H groups in total. The lowest BCUT2D eigenvalue weighted by atomic mass is 10.0. The third-order valence-corrected chi connectivity index (χ3v) is 2.73. The molecular formula is C12H16N4O. The first-order valence-corrected chi connectivity index (χ1v) is 5.43. The molecule has 1 unspecified atom stereocenters. The van der Waals surface area contributed by atoms with E-state index >= 15 is 0 Å². The average molecular weight is 232 g/mol. The molecule has 0 saturated heterocycles. The minimum absolute atomic E-state index is 0.104. The van der Waals surface area contributed by atoms with Gasteiger partial charge in [-0.1, -0.05) is 12.1 Å². The van der Waals surface area contributed by atoms with Crippen molar-refractivity contribution >= 4 is 0 Å². The molecule has 0 aliphatic rings. The first-order valence-electron chi connectivity index (χ1n) is 5.43. The summed E-state index contributed by atoms with van der Waals surface area (Å²) in [6, 6.07) is 7.67. The van der Waals surface area contributed by atoms with Crippen LogP contribution < -0.4 is 10.5 Å². The molecule has 1 heterocycles. The summed E-state index contributed by atoms with van der Waals surface area (Å²) in [6.07, 6.45) is 2.19. The van der Waals surface area contributed by atoms with Crippen LogP contribution in [0.3, 0.4) is 0 Å². The van der Waals surface area contributed by atoms with Crippen molar-refractivity contribution in [1.29, 1.82) is 0 Å². The van der Waals surface area contributed by atoms with Crippen LogP contribution in [0.4, 0.5) is 0 Å². The second-order valence-corrected chi connectivity index (χ2v) is 3.89. The van der Waals surface area contributed by atoms with Crippen molar-refractivity contribution in [3.05, 3.63) is 42.0 Å². The lowest BCUT2D eigenvalue weighted by molar-refractivity contribution is 0.413. The lowest BCUT2D eigenvalue weighted by Gasteiger charge is -2.12. The van der Waals surface area contributed by atoms with Crippen LogP contribution in [-0.2, 0) is 13.5 Å². The number of aromatic nitrogens is 3. The fourth-order valence-electron chi connectivity index (χ4n) is 1.69. The Morgan fingerprint density at radius 2 is 2.29 bits per heavy atom. The van der Waals surface area contributed by atoms with E-state index in [4.69, 9.17) is 10.5 Å². The van der Waals surface area contributed by atoms with Gasteiger partial charge in [-0.15, -0.1) is 0 Å². The normalized spacial score (nSPS) is 12.4. The second kappa shape index (κ2) is 4.97. The van der Waals surface area contributed by atoms with E-state index in [-0.39, 0.29) is 6.04 Å². The van der Waals surface area contributed by atoms with Gasteiger partial charge in [0.15, 0.2) is 0 Å². The summed E-state index contributed by atoms with van der Waals surface area (Å²) >= 11 is 0. The van der Waals surface area contributed by atoms with E-state index in [9.17, 15) is 0 Å². The highest BCUT2D eigenvalue weighted by atomic mass is 16.5. The molecule has 0 spiro atoms. The Labute approximate surface area is 100 Å². The first kappa shape index (κ1) is 11.6. The Bertz CT molecular complexity index is 495. The van der Waals surface area contributed by atoms with E-state index in [2.05, 4.69) is 10.1 Å². The van der Waals surface area contributed by atoms with Crippen LogP contribution >= 0.6 is 0 Å². The number of benzene rings is 1. The van der Waals surface area contributed by atoms with Gasteiger partial charge in [0.05, 0.1) is 7.11 Å². The number of methoxy groups -OCH3 is 1. The minimum Gasteiger partial charge on any atom is -0.497 e. The van der Waals surface area contributed by atoms with Crippen LogP contribution in [0, 0.1) is 0 Å². The highest BCUT2D eigenvalue weighted by Crippen LogP contribution is 2.19. The van der Waals surface area contributed by atoms with Gasteiger partial charge in [0.1, 0.15) is 17.9 Å². The summed E-state index contributed by atoms with van der Waals surface area (Å²) in [5, 5.41) is 4.02. The van der Waals surface area contributed by atoms with E-state index in [1.165, 1.54) is 6.33 Å². The van der Waals surface area contributed by atoms with Gasteiger partial charge in [-0.2, -0.15) is 5.10 Å². The molecule has 0 radical (unpaired) electrons. The van der Waals surface area contributed by atoms with E-state index in [0.717, 1.165) is 17.1 Å². The van der Waals surface area contributed by atoms with E-state index in [0.29, 0.717) is 6.42 Å². The molecule has 1 aromatic heterocycles. The minimum atomic E-state index is -0.104. The van der Waals surface area contributed by atoms with Gasteiger partial charge >= 0.3 is 0 Å². The van der Waals surface area contributed by atoms with Crippen molar-refractivity contribution in [2.75, 3.05) is 7.11 Å². The first-order chi connectivity index (χ1) is 8.20. The summed E-state index contributed by atoms with van der Waals surface area (Å²) in [6.45, 7) is 0. The lowest BCUT2D eigenvalue weighted by Crippen LogP contribution is -2.16. The fraction of sp³-hybridized carbons (Fsp3) is 0.333. The molecule has 0 saturated carbocycles. The number of rotatable bonds is 4. The summed E-state index contributed by atoms with van der Waals surface area (Å²) in [4.78, 5) is 4.16. The Hall–Kier alpha value is -1.88. The SMILES string of the molecule is COc1cccc(C(N)Cc2ncnn2C)c1. The molecule has 0 aliphatic carbocycles. The standard InChI is InChI=1S/C12H16N4O/c1-16-12(14-8-15-16)7-11(13)9-4-3-5-10(6-9)17-2/h3-6,8,11H,7,13H2,1-2H3. The zero-order chi connectivity index (χ0) is 12.3. The highest BCUT2D eigenvalue weighted by molar-refractivity contribution is 5.30. The van der Waals surface area contributed by atoms with Crippen LogP contribution in [0.25, 0.3) is 0 Å². The predicted molar refractivity (Wildman–Crippen MR) is 64.6 cm³/mol. The molecule has 1 aromatic carbocycles. The third kappa shape index (κ3) is 2.62. The van der Waals surface area contributed by atoms with Gasteiger partial charge in [-0.25, -0.2) is 4.98 Å². The van der Waals surface area contributed by atoms with Crippen LogP contribution in [0.1, 0.15) is 17.4 Å². The van der Waals surface area contributed by atoms with Gasteiger partial charge in [-0.05, 0) is 17.7 Å². The van der Waals surface area contributed by atoms with Gasteiger partial charge in [0.25, 0.3) is 0 Å². The van der Waals surface area contributed by atoms with Crippen LogP contribution in [0.15, 0.2) is 30.6 Å². The molecule has 17 heavy (non-hydrogen) atoms. The zero-order valence-corrected chi connectivity index (χ0v) is 10.00. The summed E-state index contributed by atoms with van der Waals surface area (Å²) < 4.78 is 6.91. The molecule has 1 atom stereocenters. The molecule has 90 valence electrons. The molecule has 0 fully saturated rings. The number of ether oxygens (including phenoxy) is 1. The number of nitrogens with two attached hydrogens (primary N) is 1. The van der Waals surface area contributed by atoms with Crippen molar-refractivity contribution in [2.45, 2.75) is 12.5 Å². The summed E-state index contributed by atoms with van der Waals surface area (Å²) in [7, 11) is 3.51. The van der Waals surface area contributed by atoms with Gasteiger partial charge in [0.2, 0.25) is 0 Å². The van der Waals surface area contributed by atoms with Gasteiger partial charge in [-0.3, -0.25) is 4.68 Å². The average Bonchev–Trinajstić information content (AvgIpc) is 2.75. The van der Waals surface area contributed by atoms with E-state index < -0.39 is 0 Å². The predicted octanol–water partition coefficient (Wildman–Crippen LogP) is 1.07. The molecular weight excluding hydrogens is 216 g/mol. The molecule has 0 aliphatic heterocycles. The van der Waals surface area contributed by atoms with Crippen molar-refractivity contribution in [3.63, 3.8) is 0 Å². The van der Waals surface area contributed by atoms with Gasteiger partial charge in [0, 0.05) is 19.5 Å². The fourth-order valence-corrected chi connectivity index (χ4v) is 1.69. The van der Waals surface area contributed by atoms with Crippen LogP contribution in [0.2, 0.25) is 0 Å². The maximum absolute atomic E-state index is 6.14. The Kier molecular flexibility index (Phi) is 3.39. The molecule has 2 rings (SSSR count). The molecule has 5 heteroatoms. The summed E-state index contributed by atoms with van der Waals surface area (Å²) in [5.41, 5.74) is 7.18. The molecule has 2 aromatic rings. The van der Waals surface area contributed by atoms with Crippen molar-refractivity contribution in [3.8, 4) is 5.75 Å². The quantitative estimate of drug-likeness (QED) is 0.856. The maximum Gasteiger partial charge on any atom is 0.138 e. The van der Waals surface area contributed by atoms with Crippen molar-refractivity contribution < 1.29 is 4.74 Å². The Balaban J connectivity index is 2.14. The second-order valence-electron chi connectivity index (χ2n) is 3.89. The Morgan fingerprint density at radius 1 is 1.47 bits per heavy atom. The number of hydrogen-bond acceptors (Lipinski definition) is 4. The van der Waals surface area contributed by atoms with Crippen LogP contribution in [0.5, 0.6) is 5.75 Å². The number of nitrogens with zero attached hydrogens (tertiary/aromatic N) is 3. The van der Waals surface area contributed by atoms with Crippen molar-refractivity contribution in [2.24, 2.45) is 12.8 Å². The topological polar surface area (TPSA) is 66.0 Å². The monoisotopic (exact) mass is 232 g/mol. The van der Waals surface area contributed by atoms with E-state index in [1.807, 2.05) is 31.3 Å². The largest absolute Gasteiger partial charge is 0.497 e. The van der Waals surface area contributed by atoms with Crippen molar-refractivity contribution in [1.82, 2.24) is 14.8 Å². The van der Waals surface area contributed by atoms with E-state index in [1.54, 1.807) is 11.8 Å². The zero-order valence-electron chi connectivity index (χ0n) is 10.00. The molecule has 0 bridgehead atoms. The summed E-state index contributed by atoms with van der Waals surface area (Å²) in [5.74, 6) is 1.69. The van der Waals surface area contributed by atoms with Gasteiger partial charge < -0.3 is 10.5 Å². The Morgan fingerprint density at radius 3 is 2.94 bits per heavy atom. The van der Waals surface area contributed by atoms with Crippen LogP contribution in [-0.4, -0.2) is 21.9 Å². The number of hydrogen-bond donors (Lipinski definition) is 1. The smallest absolute Gasteiger partial charge is 0.138 e. The molecule has 5 nitrogen and oxygen atoms in total. The molecule has 0 amide bonds. The maximum atomic E-state index is 6.14. The third-order valence-electron chi connectivity index (χ3n) is 2.73. The highest BCUT2D eigenvalue weighted by Gasteiger charge is 2.11. The number of aryl methyl sites for hydroxylation is 1.